The molecule has 0 radical (unpaired) electrons. The average Bonchev–Trinajstić information content (AvgIpc) is 3.10. The van der Waals surface area contributed by atoms with Crippen LogP contribution in [0.3, 0.4) is 0 Å². The molecule has 100 valence electrons. The van der Waals surface area contributed by atoms with Crippen LogP contribution in [0.5, 0.6) is 0 Å². The van der Waals surface area contributed by atoms with E-state index in [4.69, 9.17) is 11.6 Å². The second-order valence-corrected chi connectivity index (χ2v) is 5.36. The van der Waals surface area contributed by atoms with Crippen molar-refractivity contribution in [3.63, 3.8) is 0 Å². The zero-order valence-electron chi connectivity index (χ0n) is 10.4. The van der Waals surface area contributed by atoms with E-state index in [2.05, 4.69) is 10.3 Å². The molecule has 1 aliphatic carbocycles. The molecule has 3 nitrogen and oxygen atoms in total. The van der Waals surface area contributed by atoms with Gasteiger partial charge in [0.05, 0.1) is 18.6 Å². The highest BCUT2D eigenvalue weighted by Crippen LogP contribution is 2.19. The highest BCUT2D eigenvalue weighted by Gasteiger charge is 2.20. The number of imidazole rings is 1. The van der Waals surface area contributed by atoms with Crippen LogP contribution in [-0.4, -0.2) is 15.6 Å². The third-order valence-electron chi connectivity index (χ3n) is 3.20. The van der Waals surface area contributed by atoms with Gasteiger partial charge < -0.3 is 9.88 Å². The Morgan fingerprint density at radius 1 is 1.42 bits per heavy atom. The molecule has 1 aromatic heterocycles. The lowest BCUT2D eigenvalue weighted by atomic mass is 10.2. The molecule has 19 heavy (non-hydrogen) atoms. The monoisotopic (exact) mass is 279 g/mol. The maximum absolute atomic E-state index is 13.7. The number of halogens is 2. The van der Waals surface area contributed by atoms with Gasteiger partial charge in [0, 0.05) is 29.4 Å². The highest BCUT2D eigenvalue weighted by atomic mass is 35.5. The van der Waals surface area contributed by atoms with Gasteiger partial charge in [0.25, 0.3) is 0 Å². The number of rotatable bonds is 5. The van der Waals surface area contributed by atoms with Gasteiger partial charge in [0.2, 0.25) is 0 Å². The molecule has 0 amide bonds. The second-order valence-electron chi connectivity index (χ2n) is 4.93. The fraction of sp³-hybridized carbons (Fsp3) is 0.357. The van der Waals surface area contributed by atoms with Gasteiger partial charge in [-0.2, -0.15) is 0 Å². The fourth-order valence-corrected chi connectivity index (χ4v) is 2.13. The molecule has 0 aliphatic heterocycles. The quantitative estimate of drug-likeness (QED) is 0.912. The molecule has 1 heterocycles. The van der Waals surface area contributed by atoms with Gasteiger partial charge in [-0.1, -0.05) is 17.7 Å². The summed E-state index contributed by atoms with van der Waals surface area (Å²) in [6.45, 7) is 1.25. The Morgan fingerprint density at radius 2 is 2.26 bits per heavy atom. The van der Waals surface area contributed by atoms with Crippen molar-refractivity contribution in [2.45, 2.75) is 32.0 Å². The van der Waals surface area contributed by atoms with E-state index in [0.29, 0.717) is 23.2 Å². The number of nitrogens with one attached hydrogen (secondary N) is 1. The summed E-state index contributed by atoms with van der Waals surface area (Å²) >= 11 is 5.73. The number of benzene rings is 1. The first kappa shape index (κ1) is 12.6. The number of hydrogen-bond acceptors (Lipinski definition) is 2. The summed E-state index contributed by atoms with van der Waals surface area (Å²) in [6, 6.07) is 5.41. The standard InChI is InChI=1S/C14H15ClFN3/c15-11-2-1-10(14(16)5-11)7-19-8-13(18-9-19)6-17-12-3-4-12/h1-2,5,8-9,12,17H,3-4,6-7H2. The minimum Gasteiger partial charge on any atom is -0.333 e. The lowest BCUT2D eigenvalue weighted by Gasteiger charge is -2.04. The van der Waals surface area contributed by atoms with Gasteiger partial charge in [-0.05, 0) is 25.0 Å². The molecule has 0 saturated heterocycles. The van der Waals surface area contributed by atoms with Gasteiger partial charge in [0.1, 0.15) is 5.82 Å². The SMILES string of the molecule is Fc1cc(Cl)ccc1Cn1cnc(CNC2CC2)c1. The van der Waals surface area contributed by atoms with Crippen molar-refractivity contribution >= 4 is 11.6 Å². The molecule has 1 saturated carbocycles. The normalized spacial score (nSPS) is 14.8. The van der Waals surface area contributed by atoms with Crippen molar-refractivity contribution in [2.24, 2.45) is 0 Å². The molecule has 0 unspecified atom stereocenters. The van der Waals surface area contributed by atoms with E-state index in [1.807, 2.05) is 10.8 Å². The molecule has 2 aromatic rings. The Balaban J connectivity index is 1.65. The van der Waals surface area contributed by atoms with Gasteiger partial charge in [-0.3, -0.25) is 0 Å². The Labute approximate surface area is 116 Å². The molecule has 0 atom stereocenters. The molecule has 1 aliphatic rings. The summed E-state index contributed by atoms with van der Waals surface area (Å²) in [5.74, 6) is -0.279. The molecule has 1 fully saturated rings. The van der Waals surface area contributed by atoms with E-state index in [-0.39, 0.29) is 5.82 Å². The minimum absolute atomic E-state index is 0.279. The largest absolute Gasteiger partial charge is 0.333 e. The molecule has 1 aromatic carbocycles. The van der Waals surface area contributed by atoms with Crippen LogP contribution in [0, 0.1) is 5.82 Å². The van der Waals surface area contributed by atoms with Crippen LogP contribution in [-0.2, 0) is 13.1 Å². The predicted molar refractivity (Wildman–Crippen MR) is 72.6 cm³/mol. The first-order valence-electron chi connectivity index (χ1n) is 6.38. The lowest BCUT2D eigenvalue weighted by molar-refractivity contribution is 0.599. The first-order valence-corrected chi connectivity index (χ1v) is 6.76. The van der Waals surface area contributed by atoms with Crippen LogP contribution in [0.25, 0.3) is 0 Å². The van der Waals surface area contributed by atoms with Crippen LogP contribution in [0.4, 0.5) is 4.39 Å². The zero-order valence-corrected chi connectivity index (χ0v) is 11.2. The summed E-state index contributed by atoms with van der Waals surface area (Å²) in [6.07, 6.45) is 6.20. The lowest BCUT2D eigenvalue weighted by Crippen LogP contribution is -2.15. The van der Waals surface area contributed by atoms with Crippen molar-refractivity contribution < 1.29 is 4.39 Å². The third kappa shape index (κ3) is 3.33. The van der Waals surface area contributed by atoms with E-state index in [9.17, 15) is 4.39 Å². The van der Waals surface area contributed by atoms with E-state index < -0.39 is 0 Å². The van der Waals surface area contributed by atoms with Gasteiger partial charge in [0.15, 0.2) is 0 Å². The van der Waals surface area contributed by atoms with Crippen LogP contribution in [0.1, 0.15) is 24.1 Å². The molecule has 3 rings (SSSR count). The van der Waals surface area contributed by atoms with Crippen molar-refractivity contribution in [1.82, 2.24) is 14.9 Å². The van der Waals surface area contributed by atoms with Gasteiger partial charge >= 0.3 is 0 Å². The number of nitrogens with zero attached hydrogens (tertiary/aromatic N) is 2. The summed E-state index contributed by atoms with van der Waals surface area (Å²) in [4.78, 5) is 4.31. The Kier molecular flexibility index (Phi) is 3.53. The summed E-state index contributed by atoms with van der Waals surface area (Å²) < 4.78 is 15.6. The minimum atomic E-state index is -0.279. The topological polar surface area (TPSA) is 29.9 Å². The van der Waals surface area contributed by atoms with Crippen LogP contribution in [0.15, 0.2) is 30.7 Å². The smallest absolute Gasteiger partial charge is 0.129 e. The molecule has 0 spiro atoms. The summed E-state index contributed by atoms with van der Waals surface area (Å²) in [7, 11) is 0. The fourth-order valence-electron chi connectivity index (χ4n) is 1.97. The Hall–Kier alpha value is -1.39. The van der Waals surface area contributed by atoms with E-state index >= 15 is 0 Å². The van der Waals surface area contributed by atoms with Crippen LogP contribution < -0.4 is 5.32 Å². The highest BCUT2D eigenvalue weighted by molar-refractivity contribution is 6.30. The van der Waals surface area contributed by atoms with Crippen molar-refractivity contribution in [3.8, 4) is 0 Å². The zero-order chi connectivity index (χ0) is 13.2. The first-order chi connectivity index (χ1) is 9.20. The second kappa shape index (κ2) is 5.31. The Morgan fingerprint density at radius 3 is 3.00 bits per heavy atom. The molecular formula is C14H15ClFN3. The van der Waals surface area contributed by atoms with Crippen molar-refractivity contribution in [1.29, 1.82) is 0 Å². The maximum atomic E-state index is 13.7. The summed E-state index contributed by atoms with van der Waals surface area (Å²) in [5.41, 5.74) is 1.60. The van der Waals surface area contributed by atoms with E-state index in [1.54, 1.807) is 18.5 Å². The van der Waals surface area contributed by atoms with E-state index in [1.165, 1.54) is 18.9 Å². The van der Waals surface area contributed by atoms with Crippen LogP contribution in [0.2, 0.25) is 5.02 Å². The Bertz CT molecular complexity index is 578. The molecule has 0 bridgehead atoms. The maximum Gasteiger partial charge on any atom is 0.129 e. The van der Waals surface area contributed by atoms with Crippen molar-refractivity contribution in [2.75, 3.05) is 0 Å². The average molecular weight is 280 g/mol. The van der Waals surface area contributed by atoms with Gasteiger partial charge in [-0.25, -0.2) is 9.37 Å². The molecule has 5 heteroatoms. The van der Waals surface area contributed by atoms with Crippen LogP contribution >= 0.6 is 11.6 Å². The van der Waals surface area contributed by atoms with Crippen molar-refractivity contribution in [3.05, 3.63) is 52.8 Å². The number of hydrogen-bond donors (Lipinski definition) is 1. The van der Waals surface area contributed by atoms with E-state index in [0.717, 1.165) is 12.2 Å². The summed E-state index contributed by atoms with van der Waals surface area (Å²) in [5, 5.41) is 3.82. The molecular weight excluding hydrogens is 265 g/mol. The molecule has 1 N–H and O–H groups in total. The third-order valence-corrected chi connectivity index (χ3v) is 3.44. The number of aromatic nitrogens is 2. The van der Waals surface area contributed by atoms with Gasteiger partial charge in [-0.15, -0.1) is 0 Å². The predicted octanol–water partition coefficient (Wildman–Crippen LogP) is 2.98.